The smallest absolute Gasteiger partial charge is 0.223 e. The highest BCUT2D eigenvalue weighted by molar-refractivity contribution is 5.78. The Bertz CT molecular complexity index is 642. The number of aliphatic hydroxyl groups excluding tert-OH is 1. The summed E-state index contributed by atoms with van der Waals surface area (Å²) in [6, 6.07) is 4.34. The van der Waals surface area contributed by atoms with Gasteiger partial charge in [-0.05, 0) is 31.4 Å². The van der Waals surface area contributed by atoms with E-state index in [-0.39, 0.29) is 30.7 Å². The Kier molecular flexibility index (Phi) is 12.2. The van der Waals surface area contributed by atoms with Crippen LogP contribution in [0.5, 0.6) is 11.5 Å². The van der Waals surface area contributed by atoms with Crippen LogP contribution in [0.2, 0.25) is 0 Å². The predicted octanol–water partition coefficient (Wildman–Crippen LogP) is 1.50. The lowest BCUT2D eigenvalue weighted by Crippen LogP contribution is -2.40. The molecular formula is C22H35FN2O6. The highest BCUT2D eigenvalue weighted by Gasteiger charge is 2.20. The molecule has 0 radical (unpaired) electrons. The van der Waals surface area contributed by atoms with E-state index in [0.29, 0.717) is 51.9 Å². The molecule has 1 aliphatic heterocycles. The van der Waals surface area contributed by atoms with E-state index in [4.69, 9.17) is 18.9 Å². The van der Waals surface area contributed by atoms with E-state index in [0.717, 1.165) is 19.3 Å². The summed E-state index contributed by atoms with van der Waals surface area (Å²) in [5.74, 6) is -0.0329. The van der Waals surface area contributed by atoms with Crippen LogP contribution in [0.1, 0.15) is 26.2 Å². The lowest BCUT2D eigenvalue weighted by molar-refractivity contribution is -0.127. The molecule has 176 valence electrons. The van der Waals surface area contributed by atoms with Gasteiger partial charge in [0.1, 0.15) is 25.1 Å². The Balaban J connectivity index is 1.56. The molecule has 0 spiro atoms. The molecule has 0 saturated carbocycles. The first-order chi connectivity index (χ1) is 15.1. The molecule has 1 saturated heterocycles. The summed E-state index contributed by atoms with van der Waals surface area (Å²) in [5, 5.41) is 15.9. The summed E-state index contributed by atoms with van der Waals surface area (Å²) in [4.78, 5) is 12.0. The lowest BCUT2D eigenvalue weighted by atomic mass is 9.99. The maximum atomic E-state index is 14.1. The second-order valence-electron chi connectivity index (χ2n) is 7.40. The standard InChI is InChI=1S/C22H35FN2O6/c1-2-9-28-12-13-30-19-3-4-21(20(23)14-19)31-16-18(26)15-24-7-8-25-22(27)17-5-10-29-11-6-17/h3-4,14,17-18,24,26H,2,5-13,15-16H2,1H3,(H,25,27). The number of amides is 1. The number of nitrogens with one attached hydrogen (secondary N) is 2. The molecule has 31 heavy (non-hydrogen) atoms. The van der Waals surface area contributed by atoms with Crippen LogP contribution >= 0.6 is 0 Å². The summed E-state index contributed by atoms with van der Waals surface area (Å²) in [6.45, 7) is 5.98. The minimum atomic E-state index is -0.808. The minimum absolute atomic E-state index is 0.0221. The van der Waals surface area contributed by atoms with Gasteiger partial charge in [-0.3, -0.25) is 4.79 Å². The van der Waals surface area contributed by atoms with Crippen LogP contribution in [0.25, 0.3) is 0 Å². The van der Waals surface area contributed by atoms with Gasteiger partial charge in [0.25, 0.3) is 0 Å². The number of hydrogen-bond donors (Lipinski definition) is 3. The molecule has 3 N–H and O–H groups in total. The molecule has 0 bridgehead atoms. The van der Waals surface area contributed by atoms with Crippen molar-refractivity contribution >= 4 is 5.91 Å². The van der Waals surface area contributed by atoms with Gasteiger partial charge in [-0.15, -0.1) is 0 Å². The monoisotopic (exact) mass is 442 g/mol. The molecule has 1 aromatic carbocycles. The Morgan fingerprint density at radius 1 is 1.23 bits per heavy atom. The van der Waals surface area contributed by atoms with E-state index in [1.54, 1.807) is 6.07 Å². The number of carbonyl (C=O) groups is 1. The van der Waals surface area contributed by atoms with Crippen molar-refractivity contribution in [3.63, 3.8) is 0 Å². The van der Waals surface area contributed by atoms with Gasteiger partial charge in [0.05, 0.1) is 6.61 Å². The predicted molar refractivity (Wildman–Crippen MR) is 114 cm³/mol. The van der Waals surface area contributed by atoms with E-state index in [1.807, 2.05) is 6.92 Å². The molecule has 0 aliphatic carbocycles. The average molecular weight is 443 g/mol. The second kappa shape index (κ2) is 15.0. The number of benzene rings is 1. The highest BCUT2D eigenvalue weighted by Crippen LogP contribution is 2.22. The van der Waals surface area contributed by atoms with Gasteiger partial charge in [0.2, 0.25) is 5.91 Å². The number of carbonyl (C=O) groups excluding carboxylic acids is 1. The van der Waals surface area contributed by atoms with Crippen molar-refractivity contribution in [3.8, 4) is 11.5 Å². The number of hydrogen-bond acceptors (Lipinski definition) is 7. The number of rotatable bonds is 15. The summed E-state index contributed by atoms with van der Waals surface area (Å²) < 4.78 is 35.5. The highest BCUT2D eigenvalue weighted by atomic mass is 19.1. The molecule has 8 nitrogen and oxygen atoms in total. The first-order valence-corrected chi connectivity index (χ1v) is 11.0. The van der Waals surface area contributed by atoms with E-state index < -0.39 is 11.9 Å². The van der Waals surface area contributed by atoms with Crippen molar-refractivity contribution in [2.45, 2.75) is 32.3 Å². The molecule has 1 fully saturated rings. The van der Waals surface area contributed by atoms with Crippen molar-refractivity contribution in [2.24, 2.45) is 5.92 Å². The van der Waals surface area contributed by atoms with Crippen LogP contribution in [-0.4, -0.2) is 76.4 Å². The molecule has 1 aliphatic rings. The van der Waals surface area contributed by atoms with E-state index in [2.05, 4.69) is 10.6 Å². The van der Waals surface area contributed by atoms with Gasteiger partial charge in [0, 0.05) is 51.4 Å². The molecule has 1 unspecified atom stereocenters. The van der Waals surface area contributed by atoms with E-state index >= 15 is 0 Å². The molecular weight excluding hydrogens is 407 g/mol. The third-order valence-electron chi connectivity index (χ3n) is 4.75. The first kappa shape index (κ1) is 25.3. The quantitative estimate of drug-likeness (QED) is 0.354. The second-order valence-corrected chi connectivity index (χ2v) is 7.40. The van der Waals surface area contributed by atoms with Crippen LogP contribution in [0.15, 0.2) is 18.2 Å². The SMILES string of the molecule is CCCOCCOc1ccc(OCC(O)CNCCNC(=O)C2CCOCC2)c(F)c1. The number of aliphatic hydroxyl groups is 1. The molecule has 2 rings (SSSR count). The van der Waals surface area contributed by atoms with Crippen molar-refractivity contribution < 1.29 is 33.2 Å². The van der Waals surface area contributed by atoms with Gasteiger partial charge >= 0.3 is 0 Å². The van der Waals surface area contributed by atoms with Crippen molar-refractivity contribution in [1.82, 2.24) is 10.6 Å². The van der Waals surface area contributed by atoms with Crippen molar-refractivity contribution in [1.29, 1.82) is 0 Å². The largest absolute Gasteiger partial charge is 0.491 e. The van der Waals surface area contributed by atoms with Gasteiger partial charge in [-0.2, -0.15) is 0 Å². The van der Waals surface area contributed by atoms with Crippen LogP contribution in [-0.2, 0) is 14.3 Å². The Hall–Kier alpha value is -1.94. The van der Waals surface area contributed by atoms with E-state index in [9.17, 15) is 14.3 Å². The molecule has 0 aromatic heterocycles. The van der Waals surface area contributed by atoms with E-state index in [1.165, 1.54) is 12.1 Å². The summed E-state index contributed by atoms with van der Waals surface area (Å²) in [7, 11) is 0. The fraction of sp³-hybridized carbons (Fsp3) is 0.682. The van der Waals surface area contributed by atoms with Gasteiger partial charge in [0.15, 0.2) is 11.6 Å². The zero-order valence-electron chi connectivity index (χ0n) is 18.2. The van der Waals surface area contributed by atoms with Gasteiger partial charge in [-0.25, -0.2) is 4.39 Å². The summed E-state index contributed by atoms with van der Waals surface area (Å²) >= 11 is 0. The zero-order valence-corrected chi connectivity index (χ0v) is 18.2. The summed E-state index contributed by atoms with van der Waals surface area (Å²) in [5.41, 5.74) is 0. The van der Waals surface area contributed by atoms with Crippen LogP contribution in [0.3, 0.4) is 0 Å². The normalized spacial score (nSPS) is 15.5. The Morgan fingerprint density at radius 2 is 2.03 bits per heavy atom. The first-order valence-electron chi connectivity index (χ1n) is 11.0. The maximum Gasteiger partial charge on any atom is 0.223 e. The molecule has 1 amide bonds. The fourth-order valence-corrected chi connectivity index (χ4v) is 3.05. The Morgan fingerprint density at radius 3 is 2.77 bits per heavy atom. The number of ether oxygens (including phenoxy) is 4. The Labute approximate surface area is 183 Å². The molecule has 1 atom stereocenters. The van der Waals surface area contributed by atoms with Gasteiger partial charge in [-0.1, -0.05) is 6.92 Å². The van der Waals surface area contributed by atoms with Gasteiger partial charge < -0.3 is 34.7 Å². The van der Waals surface area contributed by atoms with Crippen LogP contribution in [0, 0.1) is 11.7 Å². The summed E-state index contributed by atoms with van der Waals surface area (Å²) in [6.07, 6.45) is 1.64. The van der Waals surface area contributed by atoms with Crippen LogP contribution in [0.4, 0.5) is 4.39 Å². The fourth-order valence-electron chi connectivity index (χ4n) is 3.05. The zero-order chi connectivity index (χ0) is 22.3. The number of halogens is 1. The van der Waals surface area contributed by atoms with Crippen LogP contribution < -0.4 is 20.1 Å². The van der Waals surface area contributed by atoms with Crippen molar-refractivity contribution in [2.75, 3.05) is 59.3 Å². The third-order valence-corrected chi connectivity index (χ3v) is 4.75. The van der Waals surface area contributed by atoms with Crippen molar-refractivity contribution in [3.05, 3.63) is 24.0 Å². The maximum absolute atomic E-state index is 14.1. The minimum Gasteiger partial charge on any atom is -0.491 e. The average Bonchev–Trinajstić information content (AvgIpc) is 2.78. The topological polar surface area (TPSA) is 98.3 Å². The molecule has 9 heteroatoms. The third kappa shape index (κ3) is 10.3. The molecule has 1 heterocycles. The molecule has 1 aromatic rings. The lowest BCUT2D eigenvalue weighted by Gasteiger charge is -2.21.